The molecule has 2 fully saturated rings. The zero-order valence-electron chi connectivity index (χ0n) is 25.2. The summed E-state index contributed by atoms with van der Waals surface area (Å²) in [6.07, 6.45) is 5.35. The van der Waals surface area contributed by atoms with Crippen LogP contribution in [-0.4, -0.2) is 81.5 Å². The van der Waals surface area contributed by atoms with Gasteiger partial charge in [-0.3, -0.25) is 9.69 Å². The minimum atomic E-state index is 0.0905. The van der Waals surface area contributed by atoms with Gasteiger partial charge in [0.05, 0.1) is 10.2 Å². The van der Waals surface area contributed by atoms with Gasteiger partial charge in [0.2, 0.25) is 5.95 Å². The van der Waals surface area contributed by atoms with Crippen LogP contribution in [0.5, 0.6) is 0 Å². The van der Waals surface area contributed by atoms with Gasteiger partial charge in [0.1, 0.15) is 16.6 Å². The van der Waals surface area contributed by atoms with Crippen molar-refractivity contribution in [1.29, 1.82) is 0 Å². The third-order valence-electron chi connectivity index (χ3n) is 8.43. The lowest BCUT2D eigenvalue weighted by molar-refractivity contribution is 0.0778. The molecular formula is C32H40N8OS. The highest BCUT2D eigenvalue weighted by Gasteiger charge is 2.32. The summed E-state index contributed by atoms with van der Waals surface area (Å²) in [5.74, 6) is 2.19. The van der Waals surface area contributed by atoms with Crippen molar-refractivity contribution in [1.82, 2.24) is 29.7 Å². The van der Waals surface area contributed by atoms with Crippen LogP contribution in [0, 0.1) is 12.3 Å². The van der Waals surface area contributed by atoms with Crippen molar-refractivity contribution in [2.24, 2.45) is 5.41 Å². The number of fused-ring (bicyclic) bond motifs is 1. The average Bonchev–Trinajstić information content (AvgIpc) is 3.70. The fraction of sp³-hybridized carbons (Fsp3) is 0.469. The summed E-state index contributed by atoms with van der Waals surface area (Å²) in [4.78, 5) is 38.9. The van der Waals surface area contributed by atoms with E-state index in [0.717, 1.165) is 59.1 Å². The molecule has 6 rings (SSSR count). The summed E-state index contributed by atoms with van der Waals surface area (Å²) < 4.78 is 0.991. The largest absolute Gasteiger partial charge is 0.342 e. The van der Waals surface area contributed by atoms with Crippen molar-refractivity contribution in [3.8, 4) is 10.6 Å². The number of likely N-dealkylation sites (tertiary alicyclic amines) is 2. The van der Waals surface area contributed by atoms with E-state index in [4.69, 9.17) is 15.0 Å². The van der Waals surface area contributed by atoms with Crippen LogP contribution in [0.1, 0.15) is 56.1 Å². The molecule has 2 saturated heterocycles. The highest BCUT2D eigenvalue weighted by Crippen LogP contribution is 2.33. The van der Waals surface area contributed by atoms with Gasteiger partial charge in [-0.15, -0.1) is 11.3 Å². The number of aromatic nitrogens is 4. The Kier molecular flexibility index (Phi) is 7.85. The van der Waals surface area contributed by atoms with Crippen LogP contribution in [0.4, 0.5) is 17.6 Å². The number of pyridine rings is 1. The maximum Gasteiger partial charge on any atom is 0.253 e. The standard InChI is InChI=1S/C32H40N8OS/c1-6-39-13-8-11-24(39)19-38(5)31-34-21(2)15-28(37-31)36-27-17-25-26(18-33-27)42-29(35-25)22-9-7-10-23(16-22)30(41)40-14-12-32(3,4)20-40/h7,9-10,15-18,24H,6,8,11-14,19-20H2,1-5H3,(H,33,34,36,37)/t24-/m0/s1. The summed E-state index contributed by atoms with van der Waals surface area (Å²) in [7, 11) is 2.07. The van der Waals surface area contributed by atoms with Crippen LogP contribution in [0.3, 0.4) is 0 Å². The van der Waals surface area contributed by atoms with Gasteiger partial charge in [0.15, 0.2) is 0 Å². The monoisotopic (exact) mass is 584 g/mol. The van der Waals surface area contributed by atoms with E-state index in [9.17, 15) is 4.79 Å². The topological polar surface area (TPSA) is 90.4 Å². The molecule has 0 saturated carbocycles. The quantitative estimate of drug-likeness (QED) is 0.270. The molecule has 10 heteroatoms. The molecule has 9 nitrogen and oxygen atoms in total. The number of rotatable bonds is 8. The van der Waals surface area contributed by atoms with E-state index in [1.165, 1.54) is 19.4 Å². The Morgan fingerprint density at radius 1 is 1.14 bits per heavy atom. The van der Waals surface area contributed by atoms with E-state index in [0.29, 0.717) is 29.2 Å². The van der Waals surface area contributed by atoms with Crippen molar-refractivity contribution in [2.75, 3.05) is 50.0 Å². The Bertz CT molecular complexity index is 1600. The second kappa shape index (κ2) is 11.6. The number of carbonyl (C=O) groups excluding carboxylic acids is 1. The van der Waals surface area contributed by atoms with Crippen molar-refractivity contribution >= 4 is 45.0 Å². The van der Waals surface area contributed by atoms with Crippen LogP contribution in [0.15, 0.2) is 42.6 Å². The third-order valence-corrected chi connectivity index (χ3v) is 9.48. The first-order valence-electron chi connectivity index (χ1n) is 14.9. The first-order valence-corrected chi connectivity index (χ1v) is 15.7. The molecular weight excluding hydrogens is 544 g/mol. The molecule has 0 spiro atoms. The van der Waals surface area contributed by atoms with Gasteiger partial charge in [-0.1, -0.05) is 32.9 Å². The van der Waals surface area contributed by atoms with Crippen molar-refractivity contribution in [3.05, 3.63) is 53.9 Å². The van der Waals surface area contributed by atoms with Gasteiger partial charge in [-0.05, 0) is 56.8 Å². The lowest BCUT2D eigenvalue weighted by atomic mass is 9.93. The Hall–Kier alpha value is -3.63. The van der Waals surface area contributed by atoms with Crippen LogP contribution >= 0.6 is 11.3 Å². The molecule has 0 aliphatic carbocycles. The van der Waals surface area contributed by atoms with Gasteiger partial charge >= 0.3 is 0 Å². The number of aryl methyl sites for hydroxylation is 1. The minimum absolute atomic E-state index is 0.0905. The molecule has 1 atom stereocenters. The molecule has 0 radical (unpaired) electrons. The predicted octanol–water partition coefficient (Wildman–Crippen LogP) is 5.99. The van der Waals surface area contributed by atoms with Crippen molar-refractivity contribution in [2.45, 2.75) is 53.0 Å². The normalized spacial score (nSPS) is 18.6. The number of carbonyl (C=O) groups is 1. The molecule has 0 bridgehead atoms. The first-order chi connectivity index (χ1) is 20.2. The number of likely N-dealkylation sites (N-methyl/N-ethyl adjacent to an activating group) is 2. The molecule has 42 heavy (non-hydrogen) atoms. The Morgan fingerprint density at radius 3 is 2.79 bits per heavy atom. The van der Waals surface area contributed by atoms with Crippen molar-refractivity contribution < 1.29 is 4.79 Å². The van der Waals surface area contributed by atoms with E-state index < -0.39 is 0 Å². The Balaban J connectivity index is 1.18. The minimum Gasteiger partial charge on any atom is -0.342 e. The summed E-state index contributed by atoms with van der Waals surface area (Å²) in [6, 6.07) is 12.3. The van der Waals surface area contributed by atoms with Crippen LogP contribution < -0.4 is 10.2 Å². The molecule has 220 valence electrons. The van der Waals surface area contributed by atoms with E-state index in [2.05, 4.69) is 47.9 Å². The van der Waals surface area contributed by atoms with E-state index in [-0.39, 0.29) is 11.3 Å². The smallest absolute Gasteiger partial charge is 0.253 e. The number of amides is 1. The number of nitrogens with one attached hydrogen (secondary N) is 1. The van der Waals surface area contributed by atoms with Gasteiger partial charge in [0, 0.05) is 67.9 Å². The van der Waals surface area contributed by atoms with E-state index in [1.807, 2.05) is 54.4 Å². The summed E-state index contributed by atoms with van der Waals surface area (Å²) >= 11 is 1.58. The second-order valence-corrected chi connectivity index (χ2v) is 13.4. The van der Waals surface area contributed by atoms with Crippen LogP contribution in [0.25, 0.3) is 20.8 Å². The second-order valence-electron chi connectivity index (χ2n) is 12.4. The lowest BCUT2D eigenvalue weighted by Crippen LogP contribution is -2.39. The van der Waals surface area contributed by atoms with Gasteiger partial charge in [-0.2, -0.15) is 4.98 Å². The van der Waals surface area contributed by atoms with Gasteiger partial charge in [0.25, 0.3) is 5.91 Å². The predicted molar refractivity (Wildman–Crippen MR) is 171 cm³/mol. The van der Waals surface area contributed by atoms with E-state index in [1.54, 1.807) is 11.3 Å². The van der Waals surface area contributed by atoms with Gasteiger partial charge in [-0.25, -0.2) is 15.0 Å². The fourth-order valence-corrected chi connectivity index (χ4v) is 7.03. The molecule has 3 aromatic heterocycles. The summed E-state index contributed by atoms with van der Waals surface area (Å²) in [5, 5.41) is 4.24. The molecule has 2 aliphatic rings. The number of nitrogens with zero attached hydrogens (tertiary/aromatic N) is 7. The number of thiazole rings is 1. The molecule has 0 unspecified atom stereocenters. The zero-order chi connectivity index (χ0) is 29.4. The Labute approximate surface area is 252 Å². The lowest BCUT2D eigenvalue weighted by Gasteiger charge is -2.28. The maximum absolute atomic E-state index is 13.2. The molecule has 1 amide bonds. The summed E-state index contributed by atoms with van der Waals surface area (Å²) in [6.45, 7) is 13.4. The number of hydrogen-bond acceptors (Lipinski definition) is 9. The first kappa shape index (κ1) is 28.5. The Morgan fingerprint density at radius 2 is 2.00 bits per heavy atom. The maximum atomic E-state index is 13.2. The third kappa shape index (κ3) is 6.10. The fourth-order valence-electron chi connectivity index (χ4n) is 6.11. The number of anilines is 3. The highest BCUT2D eigenvalue weighted by atomic mass is 32.1. The van der Waals surface area contributed by atoms with Gasteiger partial charge < -0.3 is 15.1 Å². The molecule has 1 aromatic carbocycles. The average molecular weight is 585 g/mol. The number of hydrogen-bond donors (Lipinski definition) is 1. The molecule has 5 heterocycles. The van der Waals surface area contributed by atoms with E-state index >= 15 is 0 Å². The summed E-state index contributed by atoms with van der Waals surface area (Å²) in [5.41, 5.74) is 3.58. The van der Waals surface area contributed by atoms with Crippen LogP contribution in [0.2, 0.25) is 0 Å². The van der Waals surface area contributed by atoms with Crippen molar-refractivity contribution in [3.63, 3.8) is 0 Å². The molecule has 2 aliphatic heterocycles. The number of benzene rings is 1. The van der Waals surface area contributed by atoms with Crippen LogP contribution in [-0.2, 0) is 0 Å². The SMILES string of the molecule is CCN1CCC[C@H]1CN(C)c1nc(C)cc(Nc2cc3nc(-c4cccc(C(=O)N5CCC(C)(C)C5)c4)sc3cn2)n1. The highest BCUT2D eigenvalue weighted by molar-refractivity contribution is 7.21. The zero-order valence-corrected chi connectivity index (χ0v) is 26.0. The molecule has 4 aromatic rings. The molecule has 1 N–H and O–H groups in total.